The number of imide groups is 1. The fraction of sp³-hybridized carbons (Fsp3) is 0.536. The zero-order valence-electron chi connectivity index (χ0n) is 20.5. The second-order valence-corrected chi connectivity index (χ2v) is 8.13. The van der Waals surface area contributed by atoms with Crippen molar-refractivity contribution in [2.45, 2.75) is 90.5 Å². The Labute approximate surface area is 200 Å². The van der Waals surface area contributed by atoms with E-state index in [1.165, 1.54) is 0 Å². The Bertz CT molecular complexity index is 731. The molecule has 1 N–H and O–H groups in total. The van der Waals surface area contributed by atoms with E-state index in [1.54, 1.807) is 4.90 Å². The van der Waals surface area contributed by atoms with Crippen LogP contribution < -0.4 is 5.32 Å². The monoisotopic (exact) mass is 454 g/mol. The Morgan fingerprint density at radius 3 is 1.91 bits per heavy atom. The fourth-order valence-corrected chi connectivity index (χ4v) is 3.58. The van der Waals surface area contributed by atoms with E-state index < -0.39 is 6.04 Å². The topological polar surface area (TPSA) is 66.5 Å². The first kappa shape index (κ1) is 28.3. The number of amides is 3. The number of allylic oxidation sites excluding steroid dienone is 10. The quantitative estimate of drug-likeness (QED) is 0.231. The SMILES string of the molecule is CC/C=C\C/C=C\C/C=C\C/C=C\C/C=C\CCCC(=O)NC(=O)[C@H](CC)N1CCCC1=O. The van der Waals surface area contributed by atoms with E-state index in [4.69, 9.17) is 0 Å². The van der Waals surface area contributed by atoms with Crippen molar-refractivity contribution in [2.24, 2.45) is 0 Å². The molecule has 0 spiro atoms. The van der Waals surface area contributed by atoms with Crippen LogP contribution in [0, 0.1) is 0 Å². The highest BCUT2D eigenvalue weighted by molar-refractivity contribution is 5.99. The lowest BCUT2D eigenvalue weighted by Gasteiger charge is -2.25. The number of nitrogens with zero attached hydrogens (tertiary/aromatic N) is 1. The van der Waals surface area contributed by atoms with Gasteiger partial charge in [0.15, 0.2) is 0 Å². The second-order valence-electron chi connectivity index (χ2n) is 8.13. The van der Waals surface area contributed by atoms with Crippen LogP contribution >= 0.6 is 0 Å². The molecule has 1 heterocycles. The van der Waals surface area contributed by atoms with Crippen LogP contribution in [0.5, 0.6) is 0 Å². The summed E-state index contributed by atoms with van der Waals surface area (Å²) in [5.74, 6) is -0.618. The predicted octanol–water partition coefficient (Wildman–Crippen LogP) is 5.95. The lowest BCUT2D eigenvalue weighted by molar-refractivity contribution is -0.140. The van der Waals surface area contributed by atoms with Gasteiger partial charge in [-0.25, -0.2) is 0 Å². The minimum absolute atomic E-state index is 0.00263. The van der Waals surface area contributed by atoms with Gasteiger partial charge in [0.1, 0.15) is 6.04 Å². The van der Waals surface area contributed by atoms with Crippen LogP contribution in [0.3, 0.4) is 0 Å². The Balaban J connectivity index is 2.09. The third kappa shape index (κ3) is 13.5. The van der Waals surface area contributed by atoms with Crippen molar-refractivity contribution < 1.29 is 14.4 Å². The number of hydrogen-bond donors (Lipinski definition) is 1. The average molecular weight is 455 g/mol. The number of unbranched alkanes of at least 4 members (excludes halogenated alkanes) is 1. The van der Waals surface area contributed by atoms with Crippen molar-refractivity contribution in [1.82, 2.24) is 10.2 Å². The van der Waals surface area contributed by atoms with E-state index in [2.05, 4.69) is 73.0 Å². The van der Waals surface area contributed by atoms with Gasteiger partial charge >= 0.3 is 0 Å². The first-order valence-electron chi connectivity index (χ1n) is 12.5. The molecule has 182 valence electrons. The molecule has 1 aliphatic heterocycles. The third-order valence-electron chi connectivity index (χ3n) is 5.37. The summed E-state index contributed by atoms with van der Waals surface area (Å²) in [5.41, 5.74) is 0. The van der Waals surface area contributed by atoms with E-state index in [-0.39, 0.29) is 17.7 Å². The van der Waals surface area contributed by atoms with E-state index in [1.807, 2.05) is 6.92 Å². The highest BCUT2D eigenvalue weighted by Crippen LogP contribution is 2.16. The molecule has 33 heavy (non-hydrogen) atoms. The summed E-state index contributed by atoms with van der Waals surface area (Å²) in [6, 6.07) is -0.532. The molecule has 5 heteroatoms. The molecule has 1 rings (SSSR count). The molecule has 0 unspecified atom stereocenters. The van der Waals surface area contributed by atoms with Gasteiger partial charge < -0.3 is 4.90 Å². The van der Waals surface area contributed by atoms with Gasteiger partial charge in [-0.1, -0.05) is 74.6 Å². The number of carbonyl (C=O) groups is 3. The van der Waals surface area contributed by atoms with Crippen LogP contribution in [0.1, 0.15) is 84.5 Å². The molecule has 1 saturated heterocycles. The minimum atomic E-state index is -0.532. The molecule has 0 radical (unpaired) electrons. The van der Waals surface area contributed by atoms with Crippen molar-refractivity contribution in [3.63, 3.8) is 0 Å². The Morgan fingerprint density at radius 2 is 1.42 bits per heavy atom. The Kier molecular flexibility index (Phi) is 16.2. The second kappa shape index (κ2) is 18.8. The molecule has 0 saturated carbocycles. The molecule has 0 aliphatic carbocycles. The van der Waals surface area contributed by atoms with Crippen LogP contribution in [0.4, 0.5) is 0 Å². The van der Waals surface area contributed by atoms with Gasteiger partial charge in [0.05, 0.1) is 0 Å². The highest BCUT2D eigenvalue weighted by atomic mass is 16.2. The van der Waals surface area contributed by atoms with E-state index in [0.29, 0.717) is 32.2 Å². The molecule has 0 aromatic heterocycles. The van der Waals surface area contributed by atoms with Gasteiger partial charge in [-0.3, -0.25) is 19.7 Å². The largest absolute Gasteiger partial charge is 0.331 e. The van der Waals surface area contributed by atoms with E-state index in [9.17, 15) is 14.4 Å². The molecule has 1 aliphatic rings. The van der Waals surface area contributed by atoms with Crippen LogP contribution in [-0.4, -0.2) is 35.2 Å². The van der Waals surface area contributed by atoms with Crippen LogP contribution in [0.25, 0.3) is 0 Å². The molecule has 1 fully saturated rings. The zero-order chi connectivity index (χ0) is 24.2. The predicted molar refractivity (Wildman–Crippen MR) is 136 cm³/mol. The van der Waals surface area contributed by atoms with Crippen LogP contribution in [-0.2, 0) is 14.4 Å². The maximum atomic E-state index is 12.3. The fourth-order valence-electron chi connectivity index (χ4n) is 3.58. The molecule has 5 nitrogen and oxygen atoms in total. The first-order chi connectivity index (χ1) is 16.1. The molecule has 1 atom stereocenters. The molecule has 3 amide bonds. The molecular weight excluding hydrogens is 412 g/mol. The first-order valence-corrected chi connectivity index (χ1v) is 12.5. The number of likely N-dealkylation sites (tertiary alicyclic amines) is 1. The van der Waals surface area contributed by atoms with Gasteiger partial charge in [0.25, 0.3) is 0 Å². The van der Waals surface area contributed by atoms with Crippen molar-refractivity contribution in [3.8, 4) is 0 Å². The van der Waals surface area contributed by atoms with Crippen LogP contribution in [0.15, 0.2) is 60.8 Å². The summed E-state index contributed by atoms with van der Waals surface area (Å²) in [6.45, 7) is 4.60. The molecule has 0 aromatic rings. The van der Waals surface area contributed by atoms with Gasteiger partial charge in [-0.2, -0.15) is 0 Å². The number of carbonyl (C=O) groups excluding carboxylic acids is 3. The number of nitrogens with one attached hydrogen (secondary N) is 1. The summed E-state index contributed by atoms with van der Waals surface area (Å²) in [7, 11) is 0. The lowest BCUT2D eigenvalue weighted by Crippen LogP contribution is -2.48. The minimum Gasteiger partial charge on any atom is -0.331 e. The summed E-state index contributed by atoms with van der Waals surface area (Å²) in [4.78, 5) is 37.8. The Hall–Kier alpha value is -2.69. The summed E-state index contributed by atoms with van der Waals surface area (Å²) in [6.07, 6.45) is 30.1. The lowest BCUT2D eigenvalue weighted by atomic mass is 10.1. The van der Waals surface area contributed by atoms with E-state index >= 15 is 0 Å². The normalized spacial score (nSPS) is 15.8. The summed E-state index contributed by atoms with van der Waals surface area (Å²) < 4.78 is 0. The zero-order valence-corrected chi connectivity index (χ0v) is 20.5. The summed E-state index contributed by atoms with van der Waals surface area (Å²) >= 11 is 0. The standard InChI is InChI=1S/C28H42N2O3/c1-3-5-6-7-8-9-10-11-12-13-14-15-16-17-18-19-20-22-26(31)29-28(33)25(4-2)30-24-21-23-27(30)32/h5-6,8-9,11-12,14-15,17-18,25H,3-4,7,10,13,16,19-24H2,1-2H3,(H,29,31,33)/b6-5-,9-8-,12-11-,15-14-,18-17-/t25-/m0/s1. The molecular formula is C28H42N2O3. The smallest absolute Gasteiger partial charge is 0.249 e. The van der Waals surface area contributed by atoms with Crippen molar-refractivity contribution in [1.29, 1.82) is 0 Å². The van der Waals surface area contributed by atoms with Gasteiger partial charge in [0, 0.05) is 19.4 Å². The highest BCUT2D eigenvalue weighted by Gasteiger charge is 2.32. The maximum absolute atomic E-state index is 12.3. The number of hydrogen-bond acceptors (Lipinski definition) is 3. The third-order valence-corrected chi connectivity index (χ3v) is 5.37. The number of rotatable bonds is 16. The average Bonchev–Trinajstić information content (AvgIpc) is 3.21. The van der Waals surface area contributed by atoms with Crippen molar-refractivity contribution in [2.75, 3.05) is 6.54 Å². The van der Waals surface area contributed by atoms with Gasteiger partial charge in [-0.15, -0.1) is 0 Å². The Morgan fingerprint density at radius 1 is 0.879 bits per heavy atom. The summed E-state index contributed by atoms with van der Waals surface area (Å²) in [5, 5.41) is 2.46. The van der Waals surface area contributed by atoms with E-state index in [0.717, 1.165) is 44.9 Å². The molecule has 0 aromatic carbocycles. The van der Waals surface area contributed by atoms with Crippen molar-refractivity contribution in [3.05, 3.63) is 60.8 Å². The van der Waals surface area contributed by atoms with Crippen molar-refractivity contribution >= 4 is 17.7 Å². The van der Waals surface area contributed by atoms with Gasteiger partial charge in [0.2, 0.25) is 17.7 Å². The molecule has 0 bridgehead atoms. The van der Waals surface area contributed by atoms with Crippen LogP contribution in [0.2, 0.25) is 0 Å². The van der Waals surface area contributed by atoms with Gasteiger partial charge in [-0.05, 0) is 57.8 Å². The maximum Gasteiger partial charge on any atom is 0.249 e.